The number of aliphatic hydroxyl groups excluding tert-OH is 1. The number of hydrogen-bond acceptors (Lipinski definition) is 4. The lowest BCUT2D eigenvalue weighted by Gasteiger charge is -2.16. The van der Waals surface area contributed by atoms with Crippen molar-refractivity contribution in [2.24, 2.45) is 0 Å². The lowest BCUT2D eigenvalue weighted by molar-refractivity contribution is -0.147. The third-order valence-corrected chi connectivity index (χ3v) is 2.94. The highest BCUT2D eigenvalue weighted by molar-refractivity contribution is 6.31. The minimum atomic E-state index is -1.89. The Kier molecular flexibility index (Phi) is 4.43. The molecular weight excluding hydrogens is 258 g/mol. The molecule has 2 N–H and O–H groups in total. The summed E-state index contributed by atoms with van der Waals surface area (Å²) in [5.41, 5.74) is -0.0184. The highest BCUT2D eigenvalue weighted by atomic mass is 35.5. The van der Waals surface area contributed by atoms with Crippen LogP contribution in [0.1, 0.15) is 35.1 Å². The summed E-state index contributed by atoms with van der Waals surface area (Å²) in [6.07, 6.45) is -1.89. The number of benzene rings is 1. The van der Waals surface area contributed by atoms with Crippen molar-refractivity contribution in [2.45, 2.75) is 18.4 Å². The van der Waals surface area contributed by atoms with Crippen molar-refractivity contribution in [3.8, 4) is 6.07 Å². The second-order valence-electron chi connectivity index (χ2n) is 3.63. The highest BCUT2D eigenvalue weighted by Crippen LogP contribution is 2.31. The summed E-state index contributed by atoms with van der Waals surface area (Å²) in [4.78, 5) is 22.1. The van der Waals surface area contributed by atoms with E-state index in [1.54, 1.807) is 6.07 Å². The fourth-order valence-electron chi connectivity index (χ4n) is 1.55. The molecule has 0 radical (unpaired) electrons. The molecule has 2 unspecified atom stereocenters. The average Bonchev–Trinajstić information content (AvgIpc) is 2.35. The number of rotatable bonds is 4. The SMILES string of the molecule is CC(=O)C(Cl)c1cccc(C#N)c1C(O)C(=O)O. The number of carboxylic acid groups (broad SMARTS) is 1. The van der Waals surface area contributed by atoms with Crippen LogP contribution in [0.4, 0.5) is 0 Å². The Morgan fingerprint density at radius 1 is 1.44 bits per heavy atom. The van der Waals surface area contributed by atoms with Gasteiger partial charge in [-0.25, -0.2) is 4.79 Å². The number of hydrogen-bond donors (Lipinski definition) is 2. The summed E-state index contributed by atoms with van der Waals surface area (Å²) in [5, 5.41) is 26.2. The fraction of sp³-hybridized carbons (Fsp3) is 0.250. The van der Waals surface area contributed by atoms with Crippen LogP contribution in [-0.4, -0.2) is 22.0 Å². The molecule has 0 spiro atoms. The number of carbonyl (C=O) groups excluding carboxylic acids is 1. The monoisotopic (exact) mass is 267 g/mol. The number of aliphatic carboxylic acids is 1. The Balaban J connectivity index is 3.48. The summed E-state index contributed by atoms with van der Waals surface area (Å²) in [5.74, 6) is -1.91. The molecule has 0 aliphatic carbocycles. The van der Waals surface area contributed by atoms with E-state index in [9.17, 15) is 14.7 Å². The molecular formula is C12H10ClNO4. The van der Waals surface area contributed by atoms with Crippen LogP contribution in [0, 0.1) is 11.3 Å². The van der Waals surface area contributed by atoms with E-state index in [1.807, 2.05) is 0 Å². The summed E-state index contributed by atoms with van der Waals surface area (Å²) in [6.45, 7) is 1.24. The third-order valence-electron chi connectivity index (χ3n) is 2.40. The molecule has 2 atom stereocenters. The van der Waals surface area contributed by atoms with Gasteiger partial charge in [0.05, 0.1) is 11.6 Å². The van der Waals surface area contributed by atoms with Crippen LogP contribution < -0.4 is 0 Å². The molecule has 5 nitrogen and oxygen atoms in total. The third kappa shape index (κ3) is 2.67. The van der Waals surface area contributed by atoms with Crippen molar-refractivity contribution in [2.75, 3.05) is 0 Å². The van der Waals surface area contributed by atoms with E-state index in [2.05, 4.69) is 0 Å². The van der Waals surface area contributed by atoms with Crippen molar-refractivity contribution < 1.29 is 19.8 Å². The molecule has 1 aromatic carbocycles. The molecule has 0 aliphatic rings. The van der Waals surface area contributed by atoms with Crippen molar-refractivity contribution in [3.63, 3.8) is 0 Å². The predicted molar refractivity (Wildman–Crippen MR) is 63.0 cm³/mol. The van der Waals surface area contributed by atoms with Crippen LogP contribution in [0.25, 0.3) is 0 Å². The van der Waals surface area contributed by atoms with Crippen LogP contribution in [-0.2, 0) is 9.59 Å². The number of halogens is 1. The van der Waals surface area contributed by atoms with E-state index in [0.29, 0.717) is 0 Å². The molecule has 94 valence electrons. The number of nitriles is 1. The Morgan fingerprint density at radius 2 is 2.06 bits per heavy atom. The van der Waals surface area contributed by atoms with E-state index in [4.69, 9.17) is 22.0 Å². The van der Waals surface area contributed by atoms with Crippen molar-refractivity contribution in [1.82, 2.24) is 0 Å². The van der Waals surface area contributed by atoms with Gasteiger partial charge in [0.1, 0.15) is 5.38 Å². The van der Waals surface area contributed by atoms with Gasteiger partial charge in [-0.15, -0.1) is 11.6 Å². The number of carboxylic acids is 1. The van der Waals surface area contributed by atoms with E-state index >= 15 is 0 Å². The van der Waals surface area contributed by atoms with Gasteiger partial charge in [-0.05, 0) is 18.6 Å². The predicted octanol–water partition coefficient (Wildman–Crippen LogP) is 1.55. The first-order chi connectivity index (χ1) is 8.40. The Labute approximate surface area is 108 Å². The van der Waals surface area contributed by atoms with Gasteiger partial charge in [0.25, 0.3) is 0 Å². The van der Waals surface area contributed by atoms with Gasteiger partial charge < -0.3 is 10.2 Å². The zero-order chi connectivity index (χ0) is 13.9. The van der Waals surface area contributed by atoms with E-state index in [1.165, 1.54) is 25.1 Å². The van der Waals surface area contributed by atoms with Crippen molar-refractivity contribution in [3.05, 3.63) is 34.9 Å². The number of nitrogens with zero attached hydrogens (tertiary/aromatic N) is 1. The van der Waals surface area contributed by atoms with E-state index < -0.39 is 23.2 Å². The first-order valence-corrected chi connectivity index (χ1v) is 5.42. The van der Waals surface area contributed by atoms with Gasteiger partial charge >= 0.3 is 5.97 Å². The maximum absolute atomic E-state index is 11.2. The van der Waals surface area contributed by atoms with E-state index in [0.717, 1.165) is 0 Å². The Morgan fingerprint density at radius 3 is 2.50 bits per heavy atom. The molecule has 0 bridgehead atoms. The quantitative estimate of drug-likeness (QED) is 0.807. The van der Waals surface area contributed by atoms with Crippen LogP contribution in [0.5, 0.6) is 0 Å². The van der Waals surface area contributed by atoms with E-state index in [-0.39, 0.29) is 16.7 Å². The van der Waals surface area contributed by atoms with Gasteiger partial charge in [-0.3, -0.25) is 4.79 Å². The minimum Gasteiger partial charge on any atom is -0.479 e. The maximum atomic E-state index is 11.2. The maximum Gasteiger partial charge on any atom is 0.337 e. The molecule has 6 heteroatoms. The normalized spacial score (nSPS) is 13.4. The first kappa shape index (κ1) is 14.2. The van der Waals surface area contributed by atoms with Crippen LogP contribution in [0.15, 0.2) is 18.2 Å². The summed E-state index contributed by atoms with van der Waals surface area (Å²) < 4.78 is 0. The molecule has 0 aromatic heterocycles. The molecule has 0 amide bonds. The lowest BCUT2D eigenvalue weighted by atomic mass is 9.93. The second kappa shape index (κ2) is 5.63. The molecule has 18 heavy (non-hydrogen) atoms. The first-order valence-electron chi connectivity index (χ1n) is 4.98. The molecule has 0 aliphatic heterocycles. The fourth-order valence-corrected chi connectivity index (χ4v) is 1.74. The number of aliphatic hydroxyl groups is 1. The van der Waals surface area contributed by atoms with Gasteiger partial charge in [-0.2, -0.15) is 5.26 Å². The smallest absolute Gasteiger partial charge is 0.337 e. The average molecular weight is 268 g/mol. The zero-order valence-electron chi connectivity index (χ0n) is 9.42. The highest BCUT2D eigenvalue weighted by Gasteiger charge is 2.27. The van der Waals surface area contributed by atoms with Crippen LogP contribution >= 0.6 is 11.6 Å². The number of alkyl halides is 1. The van der Waals surface area contributed by atoms with Crippen LogP contribution in [0.2, 0.25) is 0 Å². The van der Waals surface area contributed by atoms with Gasteiger partial charge in [-0.1, -0.05) is 12.1 Å². The van der Waals surface area contributed by atoms with Gasteiger partial charge in [0, 0.05) is 5.56 Å². The second-order valence-corrected chi connectivity index (χ2v) is 4.07. The summed E-state index contributed by atoms with van der Waals surface area (Å²) in [7, 11) is 0. The molecule has 1 rings (SSSR count). The molecule has 0 saturated carbocycles. The van der Waals surface area contributed by atoms with Crippen molar-refractivity contribution in [1.29, 1.82) is 5.26 Å². The van der Waals surface area contributed by atoms with Gasteiger partial charge in [0.15, 0.2) is 11.9 Å². The topological polar surface area (TPSA) is 98.4 Å². The Bertz CT molecular complexity index is 535. The summed E-state index contributed by atoms with van der Waals surface area (Å²) >= 11 is 5.86. The number of Topliss-reactive ketones (excluding diaryl/α,β-unsaturated/α-hetero) is 1. The molecule has 1 aromatic rings. The molecule has 0 saturated heterocycles. The minimum absolute atomic E-state index is 0.0192. The number of carbonyl (C=O) groups is 2. The largest absolute Gasteiger partial charge is 0.479 e. The lowest BCUT2D eigenvalue weighted by Crippen LogP contribution is -2.16. The Hall–Kier alpha value is -1.90. The van der Waals surface area contributed by atoms with Crippen LogP contribution in [0.3, 0.4) is 0 Å². The van der Waals surface area contributed by atoms with Crippen molar-refractivity contribution >= 4 is 23.4 Å². The zero-order valence-corrected chi connectivity index (χ0v) is 10.2. The standard InChI is InChI=1S/C12H10ClNO4/c1-6(15)10(13)8-4-2-3-7(5-14)9(8)11(16)12(17)18/h2-4,10-11,16H,1H3,(H,17,18). The number of ketones is 1. The summed E-state index contributed by atoms with van der Waals surface area (Å²) in [6, 6.07) is 6.02. The molecule has 0 fully saturated rings. The van der Waals surface area contributed by atoms with Gasteiger partial charge in [0.2, 0.25) is 0 Å². The molecule has 0 heterocycles.